The number of rotatable bonds is 5. The van der Waals surface area contributed by atoms with Crippen molar-refractivity contribution in [1.29, 1.82) is 0 Å². The van der Waals surface area contributed by atoms with Gasteiger partial charge in [0.25, 0.3) is 5.91 Å². The van der Waals surface area contributed by atoms with Gasteiger partial charge >= 0.3 is 16.7 Å². The smallest absolute Gasteiger partial charge is 0.406 e. The number of carbonyl (C=O) groups excluding carboxylic acids is 1. The highest BCUT2D eigenvalue weighted by molar-refractivity contribution is 7.85. The Morgan fingerprint density at radius 3 is 2.18 bits per heavy atom. The van der Waals surface area contributed by atoms with Crippen LogP contribution < -0.4 is 13.9 Å². The van der Waals surface area contributed by atoms with Crippen molar-refractivity contribution in [3.05, 3.63) is 53.1 Å². The highest BCUT2D eigenvalue weighted by atomic mass is 35.5. The van der Waals surface area contributed by atoms with Crippen molar-refractivity contribution in [3.8, 4) is 5.75 Å². The Kier molecular flexibility index (Phi) is 5.95. The quantitative estimate of drug-likeness (QED) is 0.545. The summed E-state index contributed by atoms with van der Waals surface area (Å²) in [5, 5.41) is 2.38. The minimum absolute atomic E-state index is 0.0365. The molecule has 28 heavy (non-hydrogen) atoms. The van der Waals surface area contributed by atoms with Crippen LogP contribution in [0.25, 0.3) is 0 Å². The zero-order valence-electron chi connectivity index (χ0n) is 14.5. The minimum atomic E-state index is -4.82. The van der Waals surface area contributed by atoms with Gasteiger partial charge in [-0.2, -0.15) is 3.89 Å². The predicted molar refractivity (Wildman–Crippen MR) is 97.7 cm³/mol. The third-order valence-electron chi connectivity index (χ3n) is 3.71. The normalized spacial score (nSPS) is 12.5. The Morgan fingerprint density at radius 2 is 1.71 bits per heavy atom. The highest BCUT2D eigenvalue weighted by Gasteiger charge is 2.36. The minimum Gasteiger partial charge on any atom is -0.406 e. The van der Waals surface area contributed by atoms with Crippen LogP contribution in [0.2, 0.25) is 5.02 Å². The summed E-state index contributed by atoms with van der Waals surface area (Å²) in [4.78, 5) is 12.3. The Bertz CT molecular complexity index is 992. The summed E-state index contributed by atoms with van der Waals surface area (Å²) >= 11 is 6.06. The summed E-state index contributed by atoms with van der Waals surface area (Å²) < 4.78 is 71.5. The molecule has 0 spiro atoms. The Hall–Kier alpha value is -2.34. The second kappa shape index (κ2) is 7.59. The fourth-order valence-corrected chi connectivity index (χ4v) is 3.00. The van der Waals surface area contributed by atoms with E-state index in [0.717, 1.165) is 12.1 Å². The molecule has 0 heterocycles. The van der Waals surface area contributed by atoms with Gasteiger partial charge in [-0.3, -0.25) is 4.79 Å². The third kappa shape index (κ3) is 5.13. The zero-order chi connectivity index (χ0) is 21.3. The van der Waals surface area contributed by atoms with E-state index in [9.17, 15) is 30.9 Å². The zero-order valence-corrected chi connectivity index (χ0v) is 16.1. The lowest BCUT2D eigenvalue weighted by Crippen LogP contribution is -2.46. The molecule has 0 radical (unpaired) electrons. The van der Waals surface area contributed by atoms with Gasteiger partial charge in [-0.15, -0.1) is 21.6 Å². The van der Waals surface area contributed by atoms with Crippen LogP contribution in [0, 0.1) is 0 Å². The number of nitrogens with one attached hydrogen (secondary N) is 1. The van der Waals surface area contributed by atoms with Gasteiger partial charge in [-0.05, 0) is 36.4 Å². The molecule has 0 aliphatic rings. The van der Waals surface area contributed by atoms with E-state index >= 15 is 0 Å². The van der Waals surface area contributed by atoms with Gasteiger partial charge in [0.05, 0.1) is 14.1 Å². The lowest BCUT2D eigenvalue weighted by molar-refractivity contribution is -0.274. The average molecular weight is 440 g/mol. The largest absolute Gasteiger partial charge is 0.573 e. The molecule has 2 aromatic rings. The van der Waals surface area contributed by atoms with Crippen LogP contribution in [-0.4, -0.2) is 39.3 Å². The SMILES string of the molecule is C[N+](C)(c1ccc(C(=O)Nc2ccc(OC(F)(F)F)cc2)cc1Cl)S(=O)(=O)O. The summed E-state index contributed by atoms with van der Waals surface area (Å²) in [5.41, 5.74) is 0.308. The van der Waals surface area contributed by atoms with Crippen LogP contribution in [0.1, 0.15) is 10.4 Å². The van der Waals surface area contributed by atoms with Gasteiger partial charge in [-0.25, -0.2) is 4.55 Å². The fourth-order valence-electron chi connectivity index (χ4n) is 2.15. The molecule has 0 fully saturated rings. The number of amides is 1. The van der Waals surface area contributed by atoms with Gasteiger partial charge in [0, 0.05) is 17.3 Å². The summed E-state index contributed by atoms with van der Waals surface area (Å²) in [5.74, 6) is -1.07. The molecule has 7 nitrogen and oxygen atoms in total. The molecule has 2 rings (SSSR count). The van der Waals surface area contributed by atoms with Crippen LogP contribution in [-0.2, 0) is 10.3 Å². The standard InChI is InChI=1S/C16H14ClF3N2O5S/c1-22(2,28(24,25)26)14-8-3-10(9-13(14)17)15(23)21-11-4-6-12(7-5-11)27-16(18,19)20/h3-9H,1-2H3,(H-,21,23,24,25,26)/p+1. The Morgan fingerprint density at radius 1 is 1.14 bits per heavy atom. The van der Waals surface area contributed by atoms with Crippen LogP contribution >= 0.6 is 11.6 Å². The number of benzene rings is 2. The second-order valence-electron chi connectivity index (χ2n) is 5.99. The van der Waals surface area contributed by atoms with Crippen molar-refractivity contribution in [1.82, 2.24) is 3.89 Å². The molecule has 0 unspecified atom stereocenters. The first kappa shape index (κ1) is 22.0. The van der Waals surface area contributed by atoms with E-state index in [-0.39, 0.29) is 22.0 Å². The van der Waals surface area contributed by atoms with Crippen LogP contribution in [0.5, 0.6) is 5.75 Å². The molecule has 0 aliphatic carbocycles. The second-order valence-corrected chi connectivity index (χ2v) is 8.21. The van der Waals surface area contributed by atoms with Crippen molar-refractivity contribution >= 4 is 39.2 Å². The molecule has 2 aromatic carbocycles. The first-order chi connectivity index (χ1) is 12.7. The summed E-state index contributed by atoms with van der Waals surface area (Å²) in [6.45, 7) is 0. The maximum Gasteiger partial charge on any atom is 0.573 e. The highest BCUT2D eigenvalue weighted by Crippen LogP contribution is 2.32. The summed E-state index contributed by atoms with van der Waals surface area (Å²) in [6, 6.07) is 8.27. The average Bonchev–Trinajstić information content (AvgIpc) is 2.54. The molecule has 0 atom stereocenters. The number of quaternary nitrogens is 1. The van der Waals surface area contributed by atoms with E-state index in [4.69, 9.17) is 11.6 Å². The number of halogens is 4. The molecule has 0 saturated heterocycles. The first-order valence-corrected chi connectivity index (χ1v) is 9.27. The molecule has 152 valence electrons. The number of hydrogen-bond acceptors (Lipinski definition) is 4. The predicted octanol–water partition coefficient (Wildman–Crippen LogP) is 3.86. The molecule has 1 amide bonds. The van der Waals surface area contributed by atoms with E-state index < -0.39 is 32.2 Å². The molecular weight excluding hydrogens is 425 g/mol. The van der Waals surface area contributed by atoms with Gasteiger partial charge in [0.1, 0.15) is 10.8 Å². The van der Waals surface area contributed by atoms with E-state index in [1.54, 1.807) is 0 Å². The molecule has 12 heteroatoms. The summed E-state index contributed by atoms with van der Waals surface area (Å²) in [6.07, 6.45) is -4.82. The molecule has 0 bridgehead atoms. The van der Waals surface area contributed by atoms with Crippen LogP contribution in [0.15, 0.2) is 42.5 Å². The van der Waals surface area contributed by atoms with Crippen molar-refractivity contribution in [2.75, 3.05) is 19.4 Å². The molecule has 0 aliphatic heterocycles. The molecular formula is C16H15ClF3N2O5S+. The number of anilines is 1. The van der Waals surface area contributed by atoms with Crippen molar-refractivity contribution < 1.29 is 35.7 Å². The van der Waals surface area contributed by atoms with Gasteiger partial charge in [0.2, 0.25) is 0 Å². The van der Waals surface area contributed by atoms with Gasteiger partial charge in [0.15, 0.2) is 5.69 Å². The monoisotopic (exact) mass is 439 g/mol. The lowest BCUT2D eigenvalue weighted by atomic mass is 10.1. The number of ether oxygens (including phenoxy) is 1. The van der Waals surface area contributed by atoms with E-state index in [1.165, 1.54) is 44.4 Å². The maximum absolute atomic E-state index is 12.3. The van der Waals surface area contributed by atoms with Crippen LogP contribution in [0.3, 0.4) is 0 Å². The number of hydrogen-bond donors (Lipinski definition) is 2. The summed E-state index contributed by atoms with van der Waals surface area (Å²) in [7, 11) is -2.13. The van der Waals surface area contributed by atoms with Crippen molar-refractivity contribution in [3.63, 3.8) is 0 Å². The van der Waals surface area contributed by atoms with Gasteiger partial charge in [-0.1, -0.05) is 11.6 Å². The Labute approximate surface area is 163 Å². The van der Waals surface area contributed by atoms with E-state index in [2.05, 4.69) is 10.1 Å². The Balaban J connectivity index is 2.18. The topological polar surface area (TPSA) is 92.7 Å². The fraction of sp³-hybridized carbons (Fsp3) is 0.188. The lowest BCUT2D eigenvalue weighted by Gasteiger charge is -2.25. The first-order valence-electron chi connectivity index (χ1n) is 7.49. The van der Waals surface area contributed by atoms with Crippen LogP contribution in [0.4, 0.5) is 24.5 Å². The third-order valence-corrected chi connectivity index (χ3v) is 5.37. The number of alkyl halides is 3. The van der Waals surface area contributed by atoms with Gasteiger partial charge < -0.3 is 10.1 Å². The van der Waals surface area contributed by atoms with E-state index in [0.29, 0.717) is 0 Å². The number of nitrogens with zero attached hydrogens (tertiary/aromatic N) is 1. The molecule has 0 saturated carbocycles. The van der Waals surface area contributed by atoms with Crippen molar-refractivity contribution in [2.45, 2.75) is 6.36 Å². The molecule has 2 N–H and O–H groups in total. The maximum atomic E-state index is 12.3. The number of carbonyl (C=O) groups is 1. The van der Waals surface area contributed by atoms with E-state index in [1.807, 2.05) is 0 Å². The van der Waals surface area contributed by atoms with Crippen molar-refractivity contribution in [2.24, 2.45) is 0 Å². The molecule has 0 aromatic heterocycles.